The third-order valence-corrected chi connectivity index (χ3v) is 2.80. The first-order valence-corrected chi connectivity index (χ1v) is 7.37. The molecule has 1 aromatic carbocycles. The first-order chi connectivity index (χ1) is 11.9. The van der Waals surface area contributed by atoms with Crippen LogP contribution in [0.25, 0.3) is 11.0 Å². The summed E-state index contributed by atoms with van der Waals surface area (Å²) >= 11 is 0. The lowest BCUT2D eigenvalue weighted by Gasteiger charge is -2.06. The van der Waals surface area contributed by atoms with Gasteiger partial charge in [-0.25, -0.2) is 14.4 Å². The summed E-state index contributed by atoms with van der Waals surface area (Å²) in [7, 11) is 1.91. The number of fused-ring (bicyclic) bond motifs is 1. The molecular formula is C17H19NO7. The van der Waals surface area contributed by atoms with Crippen molar-refractivity contribution in [3.05, 3.63) is 52.9 Å². The van der Waals surface area contributed by atoms with Crippen LogP contribution in [0.2, 0.25) is 0 Å². The molecule has 3 N–H and O–H groups in total. The van der Waals surface area contributed by atoms with Gasteiger partial charge in [0.25, 0.3) is 0 Å². The molecule has 0 saturated heterocycles. The largest absolute Gasteiger partial charge is 0.493 e. The Balaban J connectivity index is 0.000000333. The van der Waals surface area contributed by atoms with Crippen LogP contribution in [0, 0.1) is 0 Å². The predicted octanol–water partition coefficient (Wildman–Crippen LogP) is 1.49. The summed E-state index contributed by atoms with van der Waals surface area (Å²) < 4.78 is 10.6. The molecule has 0 saturated carbocycles. The first kappa shape index (κ1) is 19.9. The highest BCUT2D eigenvalue weighted by molar-refractivity contribution is 5.89. The number of rotatable bonds is 7. The van der Waals surface area contributed by atoms with E-state index in [1.54, 1.807) is 12.1 Å². The van der Waals surface area contributed by atoms with Crippen molar-refractivity contribution in [2.45, 2.75) is 6.42 Å². The molecule has 0 fully saturated rings. The molecular weight excluding hydrogens is 330 g/mol. The Hall–Kier alpha value is -3.13. The third-order valence-electron chi connectivity index (χ3n) is 2.80. The average molecular weight is 349 g/mol. The zero-order valence-corrected chi connectivity index (χ0v) is 13.6. The first-order valence-electron chi connectivity index (χ1n) is 7.37. The number of carboxylic acid groups (broad SMARTS) is 2. The van der Waals surface area contributed by atoms with E-state index in [4.69, 9.17) is 19.4 Å². The SMILES string of the molecule is CNCCCOc1ccc2ccc(=O)oc2c1.O=C(O)/C=C/C(=O)O. The molecule has 2 rings (SSSR count). The molecule has 25 heavy (non-hydrogen) atoms. The van der Waals surface area contributed by atoms with Crippen LogP contribution in [-0.2, 0) is 9.59 Å². The summed E-state index contributed by atoms with van der Waals surface area (Å²) in [6.45, 7) is 1.56. The van der Waals surface area contributed by atoms with E-state index in [9.17, 15) is 14.4 Å². The van der Waals surface area contributed by atoms with E-state index in [1.807, 2.05) is 19.2 Å². The van der Waals surface area contributed by atoms with E-state index in [2.05, 4.69) is 5.32 Å². The summed E-state index contributed by atoms with van der Waals surface area (Å²) in [6.07, 6.45) is 2.05. The molecule has 0 unspecified atom stereocenters. The van der Waals surface area contributed by atoms with Gasteiger partial charge in [0.15, 0.2) is 0 Å². The molecule has 0 amide bonds. The smallest absolute Gasteiger partial charge is 0.336 e. The number of ether oxygens (including phenoxy) is 1. The van der Waals surface area contributed by atoms with Crippen molar-refractivity contribution in [1.82, 2.24) is 5.32 Å². The molecule has 1 heterocycles. The maximum Gasteiger partial charge on any atom is 0.336 e. The van der Waals surface area contributed by atoms with Gasteiger partial charge in [-0.05, 0) is 38.2 Å². The molecule has 134 valence electrons. The molecule has 0 bridgehead atoms. The number of hydrogen-bond acceptors (Lipinski definition) is 6. The number of carboxylic acids is 2. The number of benzene rings is 1. The molecule has 2 aromatic rings. The number of aliphatic carboxylic acids is 2. The standard InChI is InChI=1S/C13H15NO3.C4H4O4/c1-14-7-2-8-16-11-5-3-10-4-6-13(15)17-12(10)9-11;5-3(6)1-2-4(7)8/h3-6,9,14H,2,7-8H2,1H3;1-2H,(H,5,6)(H,7,8)/b;2-1+. The lowest BCUT2D eigenvalue weighted by molar-refractivity contribution is -0.134. The van der Waals surface area contributed by atoms with Gasteiger partial charge in [-0.15, -0.1) is 0 Å². The fraction of sp³-hybridized carbons (Fsp3) is 0.235. The van der Waals surface area contributed by atoms with Crippen LogP contribution in [0.3, 0.4) is 0 Å². The Kier molecular flexibility index (Phi) is 8.45. The Morgan fingerprint density at radius 3 is 2.40 bits per heavy atom. The molecule has 1 aromatic heterocycles. The second kappa shape index (κ2) is 10.6. The van der Waals surface area contributed by atoms with Crippen LogP contribution in [0.4, 0.5) is 0 Å². The van der Waals surface area contributed by atoms with E-state index in [-0.39, 0.29) is 5.63 Å². The predicted molar refractivity (Wildman–Crippen MR) is 90.9 cm³/mol. The Labute approximate surface area is 143 Å². The van der Waals surface area contributed by atoms with Crippen molar-refractivity contribution >= 4 is 22.9 Å². The number of hydrogen-bond donors (Lipinski definition) is 3. The summed E-state index contributed by atoms with van der Waals surface area (Å²) in [6, 6.07) is 8.66. The van der Waals surface area contributed by atoms with E-state index in [0.717, 1.165) is 24.1 Å². The summed E-state index contributed by atoms with van der Waals surface area (Å²) in [4.78, 5) is 30.2. The lowest BCUT2D eigenvalue weighted by atomic mass is 10.2. The van der Waals surface area contributed by atoms with Crippen molar-refractivity contribution in [2.75, 3.05) is 20.2 Å². The Morgan fingerprint density at radius 1 is 1.16 bits per heavy atom. The molecule has 0 atom stereocenters. The van der Waals surface area contributed by atoms with Crippen molar-refractivity contribution in [3.63, 3.8) is 0 Å². The Bertz CT molecular complexity index is 779. The van der Waals surface area contributed by atoms with Gasteiger partial charge in [0.05, 0.1) is 6.61 Å². The van der Waals surface area contributed by atoms with Crippen LogP contribution in [0.1, 0.15) is 6.42 Å². The summed E-state index contributed by atoms with van der Waals surface area (Å²) in [5.74, 6) is -1.79. The van der Waals surface area contributed by atoms with Crippen LogP contribution in [0.15, 0.2) is 51.7 Å². The third kappa shape index (κ3) is 8.33. The quantitative estimate of drug-likeness (QED) is 0.390. The minimum absolute atomic E-state index is 0.343. The zero-order valence-electron chi connectivity index (χ0n) is 13.6. The zero-order chi connectivity index (χ0) is 18.7. The maximum atomic E-state index is 11.1. The molecule has 0 spiro atoms. The summed E-state index contributed by atoms with van der Waals surface area (Å²) in [5.41, 5.74) is 0.216. The molecule has 0 aliphatic heterocycles. The van der Waals surface area contributed by atoms with Crippen molar-refractivity contribution in [3.8, 4) is 5.75 Å². The fourth-order valence-corrected chi connectivity index (χ4v) is 1.71. The van der Waals surface area contributed by atoms with Crippen molar-refractivity contribution in [2.24, 2.45) is 0 Å². The fourth-order valence-electron chi connectivity index (χ4n) is 1.71. The Morgan fingerprint density at radius 2 is 1.80 bits per heavy atom. The molecule has 8 nitrogen and oxygen atoms in total. The van der Waals surface area contributed by atoms with Crippen molar-refractivity contribution < 1.29 is 29.0 Å². The van der Waals surface area contributed by atoms with Gasteiger partial charge in [-0.3, -0.25) is 0 Å². The lowest BCUT2D eigenvalue weighted by Crippen LogP contribution is -2.11. The normalized spacial score (nSPS) is 10.3. The number of carbonyl (C=O) groups is 2. The van der Waals surface area contributed by atoms with Crippen LogP contribution in [-0.4, -0.2) is 42.4 Å². The molecule has 8 heteroatoms. The molecule has 0 radical (unpaired) electrons. The molecule has 0 aliphatic carbocycles. The minimum Gasteiger partial charge on any atom is -0.493 e. The number of nitrogens with one attached hydrogen (secondary N) is 1. The van der Waals surface area contributed by atoms with Gasteiger partial charge in [0.1, 0.15) is 11.3 Å². The van der Waals surface area contributed by atoms with Gasteiger partial charge >= 0.3 is 17.6 Å². The van der Waals surface area contributed by atoms with E-state index in [0.29, 0.717) is 24.3 Å². The van der Waals surface area contributed by atoms with Crippen LogP contribution in [0.5, 0.6) is 5.75 Å². The minimum atomic E-state index is -1.26. The van der Waals surface area contributed by atoms with Gasteiger partial charge in [0, 0.05) is 29.7 Å². The monoisotopic (exact) mass is 349 g/mol. The average Bonchev–Trinajstić information content (AvgIpc) is 2.57. The maximum absolute atomic E-state index is 11.1. The van der Waals surface area contributed by atoms with Gasteiger partial charge < -0.3 is 24.7 Å². The van der Waals surface area contributed by atoms with E-state index < -0.39 is 11.9 Å². The van der Waals surface area contributed by atoms with Gasteiger partial charge in [-0.2, -0.15) is 0 Å². The van der Waals surface area contributed by atoms with Crippen LogP contribution >= 0.6 is 0 Å². The van der Waals surface area contributed by atoms with Gasteiger partial charge in [-0.1, -0.05) is 0 Å². The van der Waals surface area contributed by atoms with E-state index in [1.165, 1.54) is 6.07 Å². The summed E-state index contributed by atoms with van der Waals surface area (Å²) in [5, 5.41) is 19.6. The second-order valence-corrected chi connectivity index (χ2v) is 4.77. The molecule has 0 aliphatic rings. The highest BCUT2D eigenvalue weighted by Gasteiger charge is 2.00. The van der Waals surface area contributed by atoms with Gasteiger partial charge in [0.2, 0.25) is 0 Å². The van der Waals surface area contributed by atoms with E-state index >= 15 is 0 Å². The second-order valence-electron chi connectivity index (χ2n) is 4.77. The van der Waals surface area contributed by atoms with Crippen molar-refractivity contribution in [1.29, 1.82) is 0 Å². The topological polar surface area (TPSA) is 126 Å². The highest BCUT2D eigenvalue weighted by Crippen LogP contribution is 2.19. The van der Waals surface area contributed by atoms with Crippen LogP contribution < -0.4 is 15.7 Å². The highest BCUT2D eigenvalue weighted by atomic mass is 16.5.